The number of fused-ring (bicyclic) bond motifs is 5. The largest absolute Gasteiger partial charge is 0.480 e. The van der Waals surface area contributed by atoms with Crippen LogP contribution in [-0.2, 0) is 19.0 Å². The Hall–Kier alpha value is -1.34. The summed E-state index contributed by atoms with van der Waals surface area (Å²) in [7, 11) is 0. The maximum Gasteiger partial charge on any atom is 0.411 e. The third kappa shape index (κ3) is 2.36. The van der Waals surface area contributed by atoms with Crippen molar-refractivity contribution in [2.75, 3.05) is 0 Å². The third-order valence-corrected chi connectivity index (χ3v) is 4.40. The number of ether oxygens (including phenoxy) is 3. The van der Waals surface area contributed by atoms with Gasteiger partial charge in [-0.2, -0.15) is 0 Å². The number of likely N-dealkylation sites (tertiary alicyclic amines) is 1. The van der Waals surface area contributed by atoms with Crippen molar-refractivity contribution < 1.29 is 28.9 Å². The zero-order valence-electron chi connectivity index (χ0n) is 13.5. The molecule has 2 saturated heterocycles. The summed E-state index contributed by atoms with van der Waals surface area (Å²) in [5, 5.41) is 9.56. The van der Waals surface area contributed by atoms with Crippen molar-refractivity contribution in [3.8, 4) is 0 Å². The summed E-state index contributed by atoms with van der Waals surface area (Å²) in [4.78, 5) is 25.5. The molecule has 3 fully saturated rings. The van der Waals surface area contributed by atoms with E-state index in [1.165, 1.54) is 4.90 Å². The molecule has 0 radical (unpaired) electrons. The molecule has 124 valence electrons. The molecule has 1 amide bonds. The second-order valence-corrected chi connectivity index (χ2v) is 7.70. The number of carbonyl (C=O) groups is 2. The molecular formula is C15H23NO6. The number of aliphatic carboxylic acids is 1. The number of nitrogens with zero attached hydrogens (tertiary/aromatic N) is 1. The topological polar surface area (TPSA) is 85.3 Å². The molecule has 0 aromatic carbocycles. The molecule has 7 nitrogen and oxygen atoms in total. The number of hydrogen-bond acceptors (Lipinski definition) is 5. The molecule has 5 atom stereocenters. The second kappa shape index (κ2) is 4.58. The van der Waals surface area contributed by atoms with Crippen LogP contribution >= 0.6 is 0 Å². The third-order valence-electron chi connectivity index (χ3n) is 4.40. The summed E-state index contributed by atoms with van der Waals surface area (Å²) < 4.78 is 17.1. The van der Waals surface area contributed by atoms with E-state index < -0.39 is 29.5 Å². The number of carbonyl (C=O) groups excluding carboxylic acids is 1. The highest BCUT2D eigenvalue weighted by molar-refractivity contribution is 5.82. The zero-order chi connectivity index (χ0) is 16.4. The Morgan fingerprint density at radius 2 is 1.82 bits per heavy atom. The summed E-state index contributed by atoms with van der Waals surface area (Å²) in [5.41, 5.74) is -0.673. The second-order valence-electron chi connectivity index (χ2n) is 7.70. The highest BCUT2D eigenvalue weighted by Crippen LogP contribution is 2.51. The van der Waals surface area contributed by atoms with Gasteiger partial charge in [-0.3, -0.25) is 4.90 Å². The Kier molecular flexibility index (Phi) is 3.24. The fraction of sp³-hybridized carbons (Fsp3) is 0.867. The minimum Gasteiger partial charge on any atom is -0.480 e. The Bertz CT molecular complexity index is 511. The van der Waals surface area contributed by atoms with Gasteiger partial charge in [0.2, 0.25) is 0 Å². The molecule has 7 heteroatoms. The minimum absolute atomic E-state index is 0.262. The standard InChI is InChI=1S/C15H23NO6/c1-14(2,3)22-13(19)16-8-6-7(9(16)12(17)18)10-11(8)21-15(4,5)20-10/h7-11H,6H2,1-5H3,(H,17,18). The first-order valence-corrected chi connectivity index (χ1v) is 7.60. The predicted molar refractivity (Wildman–Crippen MR) is 75.2 cm³/mol. The first-order chi connectivity index (χ1) is 10.0. The van der Waals surface area contributed by atoms with Gasteiger partial charge in [-0.05, 0) is 41.0 Å². The molecule has 1 saturated carbocycles. The molecule has 3 rings (SSSR count). The van der Waals surface area contributed by atoms with Crippen molar-refractivity contribution in [1.29, 1.82) is 0 Å². The fourth-order valence-electron chi connectivity index (χ4n) is 3.85. The van der Waals surface area contributed by atoms with Crippen LogP contribution in [0.2, 0.25) is 0 Å². The molecule has 0 aromatic rings. The van der Waals surface area contributed by atoms with E-state index in [4.69, 9.17) is 14.2 Å². The van der Waals surface area contributed by atoms with Crippen molar-refractivity contribution >= 4 is 12.1 Å². The average Bonchev–Trinajstić information content (AvgIpc) is 2.91. The van der Waals surface area contributed by atoms with Gasteiger partial charge in [-0.1, -0.05) is 0 Å². The molecule has 0 aromatic heterocycles. The lowest BCUT2D eigenvalue weighted by Crippen LogP contribution is -2.58. The molecular weight excluding hydrogens is 290 g/mol. The van der Waals surface area contributed by atoms with Crippen molar-refractivity contribution in [3.63, 3.8) is 0 Å². The van der Waals surface area contributed by atoms with Gasteiger partial charge in [0.1, 0.15) is 17.7 Å². The van der Waals surface area contributed by atoms with Crippen LogP contribution in [0.15, 0.2) is 0 Å². The van der Waals surface area contributed by atoms with Crippen LogP contribution in [0.1, 0.15) is 41.0 Å². The summed E-state index contributed by atoms with van der Waals surface area (Å²) in [6, 6.07) is -1.23. The maximum atomic E-state index is 12.5. The molecule has 2 aliphatic heterocycles. The Balaban J connectivity index is 1.87. The van der Waals surface area contributed by atoms with Crippen LogP contribution in [0.25, 0.3) is 0 Å². The van der Waals surface area contributed by atoms with Gasteiger partial charge in [0, 0.05) is 5.92 Å². The lowest BCUT2D eigenvalue weighted by atomic mass is 9.95. The van der Waals surface area contributed by atoms with Gasteiger partial charge in [0.25, 0.3) is 0 Å². The fourth-order valence-corrected chi connectivity index (χ4v) is 3.85. The van der Waals surface area contributed by atoms with Crippen molar-refractivity contribution in [2.24, 2.45) is 5.92 Å². The molecule has 2 heterocycles. The van der Waals surface area contributed by atoms with E-state index in [0.29, 0.717) is 6.42 Å². The smallest absolute Gasteiger partial charge is 0.411 e. The van der Waals surface area contributed by atoms with E-state index >= 15 is 0 Å². The number of hydrogen-bond donors (Lipinski definition) is 1. The molecule has 1 aliphatic carbocycles. The average molecular weight is 313 g/mol. The Labute approximate surface area is 129 Å². The van der Waals surface area contributed by atoms with E-state index in [0.717, 1.165) is 0 Å². The van der Waals surface area contributed by atoms with Gasteiger partial charge in [-0.15, -0.1) is 0 Å². The first-order valence-electron chi connectivity index (χ1n) is 7.60. The van der Waals surface area contributed by atoms with Crippen LogP contribution in [0.5, 0.6) is 0 Å². The molecule has 0 spiro atoms. The SMILES string of the molecule is CC(C)(C)OC(=O)N1C2CC(C3OC(C)(C)OC32)C1C(=O)O. The number of rotatable bonds is 1. The molecule has 22 heavy (non-hydrogen) atoms. The first kappa shape index (κ1) is 15.6. The van der Waals surface area contributed by atoms with Crippen molar-refractivity contribution in [1.82, 2.24) is 4.90 Å². The Morgan fingerprint density at radius 1 is 1.23 bits per heavy atom. The minimum atomic E-state index is -1.02. The summed E-state index contributed by atoms with van der Waals surface area (Å²) in [6.45, 7) is 8.89. The van der Waals surface area contributed by atoms with E-state index in [1.54, 1.807) is 34.6 Å². The van der Waals surface area contributed by atoms with Crippen LogP contribution in [-0.4, -0.2) is 57.7 Å². The summed E-state index contributed by atoms with van der Waals surface area (Å²) >= 11 is 0. The van der Waals surface area contributed by atoms with Gasteiger partial charge in [-0.25, -0.2) is 9.59 Å². The monoisotopic (exact) mass is 313 g/mol. The normalized spacial score (nSPS) is 39.0. The zero-order valence-corrected chi connectivity index (χ0v) is 13.5. The quantitative estimate of drug-likeness (QED) is 0.791. The van der Waals surface area contributed by atoms with E-state index in [-0.39, 0.29) is 24.2 Å². The van der Waals surface area contributed by atoms with Gasteiger partial charge in [0.05, 0.1) is 12.1 Å². The number of carboxylic acid groups (broad SMARTS) is 1. The van der Waals surface area contributed by atoms with Crippen molar-refractivity contribution in [2.45, 2.75) is 76.7 Å². The molecule has 1 N–H and O–H groups in total. The van der Waals surface area contributed by atoms with Gasteiger partial charge in [0.15, 0.2) is 5.79 Å². The van der Waals surface area contributed by atoms with Crippen LogP contribution < -0.4 is 0 Å². The highest BCUT2D eigenvalue weighted by atomic mass is 16.8. The van der Waals surface area contributed by atoms with Gasteiger partial charge >= 0.3 is 12.1 Å². The predicted octanol–water partition coefficient (Wildman–Crippen LogP) is 1.60. The number of piperidine rings is 1. The summed E-state index contributed by atoms with van der Waals surface area (Å²) in [5.74, 6) is -2.04. The van der Waals surface area contributed by atoms with E-state index in [9.17, 15) is 14.7 Å². The highest BCUT2D eigenvalue weighted by Gasteiger charge is 2.66. The molecule has 3 aliphatic rings. The molecule has 5 unspecified atom stereocenters. The number of amides is 1. The van der Waals surface area contributed by atoms with Crippen LogP contribution in [0.4, 0.5) is 4.79 Å². The van der Waals surface area contributed by atoms with Crippen LogP contribution in [0, 0.1) is 5.92 Å². The maximum absolute atomic E-state index is 12.5. The summed E-state index contributed by atoms with van der Waals surface area (Å²) in [6.07, 6.45) is -0.594. The molecule has 2 bridgehead atoms. The lowest BCUT2D eigenvalue weighted by Gasteiger charge is -2.38. The van der Waals surface area contributed by atoms with Crippen molar-refractivity contribution in [3.05, 3.63) is 0 Å². The van der Waals surface area contributed by atoms with E-state index in [1.807, 2.05) is 0 Å². The Morgan fingerprint density at radius 3 is 2.36 bits per heavy atom. The van der Waals surface area contributed by atoms with Crippen LogP contribution in [0.3, 0.4) is 0 Å². The van der Waals surface area contributed by atoms with Gasteiger partial charge < -0.3 is 19.3 Å². The lowest BCUT2D eigenvalue weighted by molar-refractivity contribution is -0.157. The number of carboxylic acids is 1. The van der Waals surface area contributed by atoms with E-state index in [2.05, 4.69) is 0 Å².